The van der Waals surface area contributed by atoms with E-state index in [9.17, 15) is 4.79 Å². The number of rotatable bonds is 4. The van der Waals surface area contributed by atoms with Gasteiger partial charge in [0, 0.05) is 9.90 Å². The Hall–Kier alpha value is -1.32. The first kappa shape index (κ1) is 14.6. The van der Waals surface area contributed by atoms with Crippen LogP contribution in [0.4, 0.5) is 0 Å². The van der Waals surface area contributed by atoms with E-state index in [1.165, 1.54) is 17.7 Å². The molecular weight excluding hydrogens is 302 g/mol. The van der Waals surface area contributed by atoms with Gasteiger partial charge in [-0.3, -0.25) is 4.79 Å². The molecule has 110 valence electrons. The van der Waals surface area contributed by atoms with Crippen molar-refractivity contribution in [2.75, 3.05) is 0 Å². The van der Waals surface area contributed by atoms with E-state index in [0.29, 0.717) is 11.4 Å². The van der Waals surface area contributed by atoms with Crippen LogP contribution in [0.1, 0.15) is 36.1 Å². The molecule has 1 fully saturated rings. The maximum Gasteiger partial charge on any atom is 0.225 e. The minimum absolute atomic E-state index is 0.0541. The van der Waals surface area contributed by atoms with Crippen molar-refractivity contribution in [2.45, 2.75) is 37.6 Å². The third-order valence-corrected chi connectivity index (χ3v) is 5.58. The largest absolute Gasteiger partial charge is 0.345 e. The van der Waals surface area contributed by atoms with Crippen LogP contribution in [0.15, 0.2) is 41.8 Å². The van der Waals surface area contributed by atoms with Gasteiger partial charge < -0.3 is 5.32 Å². The highest BCUT2D eigenvalue weighted by Gasteiger charge is 2.37. The molecule has 0 bridgehead atoms. The average molecular weight is 320 g/mol. The Morgan fingerprint density at radius 2 is 1.95 bits per heavy atom. The summed E-state index contributed by atoms with van der Waals surface area (Å²) in [4.78, 5) is 13.7. The van der Waals surface area contributed by atoms with Crippen LogP contribution in [0.5, 0.6) is 0 Å². The second-order valence-electron chi connectivity index (χ2n) is 5.58. The highest BCUT2D eigenvalue weighted by Crippen LogP contribution is 2.40. The molecule has 3 rings (SSSR count). The Morgan fingerprint density at radius 1 is 1.19 bits per heavy atom. The Morgan fingerprint density at radius 3 is 2.62 bits per heavy atom. The number of thiophene rings is 1. The van der Waals surface area contributed by atoms with Crippen molar-refractivity contribution in [2.24, 2.45) is 0 Å². The predicted octanol–water partition coefficient (Wildman–Crippen LogP) is 4.53. The van der Waals surface area contributed by atoms with Crippen LogP contribution < -0.4 is 5.32 Å². The Kier molecular flexibility index (Phi) is 4.32. The molecule has 1 heterocycles. The summed E-state index contributed by atoms with van der Waals surface area (Å²) in [5.41, 5.74) is 0.725. The highest BCUT2D eigenvalue weighted by atomic mass is 35.5. The molecule has 2 nitrogen and oxygen atoms in total. The molecule has 0 aliphatic heterocycles. The minimum Gasteiger partial charge on any atom is -0.345 e. The Labute approximate surface area is 134 Å². The minimum atomic E-state index is -0.160. The van der Waals surface area contributed by atoms with Crippen LogP contribution >= 0.6 is 22.9 Å². The topological polar surface area (TPSA) is 29.1 Å². The molecular formula is C17H18ClNOS. The first-order valence-electron chi connectivity index (χ1n) is 7.28. The third-order valence-electron chi connectivity index (χ3n) is 4.14. The lowest BCUT2D eigenvalue weighted by atomic mass is 9.95. The van der Waals surface area contributed by atoms with Crippen LogP contribution in [0, 0.1) is 0 Å². The van der Waals surface area contributed by atoms with Gasteiger partial charge in [0.2, 0.25) is 5.91 Å². The fraction of sp³-hybridized carbons (Fsp3) is 0.353. The molecule has 1 saturated carbocycles. The monoisotopic (exact) mass is 319 g/mol. The van der Waals surface area contributed by atoms with Gasteiger partial charge in [0.15, 0.2) is 0 Å². The second kappa shape index (κ2) is 6.20. The number of nitrogens with one attached hydrogen (secondary N) is 1. The predicted molar refractivity (Wildman–Crippen MR) is 87.8 cm³/mol. The third kappa shape index (κ3) is 3.14. The number of amides is 1. The molecule has 1 aromatic heterocycles. The summed E-state index contributed by atoms with van der Waals surface area (Å²) in [7, 11) is 0. The van der Waals surface area contributed by atoms with Crippen molar-refractivity contribution in [1.82, 2.24) is 5.32 Å². The van der Waals surface area contributed by atoms with E-state index >= 15 is 0 Å². The fourth-order valence-corrected chi connectivity index (χ4v) is 4.23. The molecule has 0 atom stereocenters. The normalized spacial score (nSPS) is 16.8. The zero-order valence-corrected chi connectivity index (χ0v) is 13.3. The molecule has 1 aromatic carbocycles. The van der Waals surface area contributed by atoms with Gasteiger partial charge in [-0.05, 0) is 35.9 Å². The van der Waals surface area contributed by atoms with Crippen molar-refractivity contribution < 1.29 is 4.79 Å². The van der Waals surface area contributed by atoms with Crippen molar-refractivity contribution in [3.63, 3.8) is 0 Å². The average Bonchev–Trinajstić information content (AvgIpc) is 3.12. The van der Waals surface area contributed by atoms with Crippen LogP contribution in [-0.2, 0) is 16.8 Å². The quantitative estimate of drug-likeness (QED) is 0.881. The zero-order valence-electron chi connectivity index (χ0n) is 11.8. The van der Waals surface area contributed by atoms with Gasteiger partial charge in [0.25, 0.3) is 0 Å². The van der Waals surface area contributed by atoms with Gasteiger partial charge in [-0.25, -0.2) is 0 Å². The molecule has 1 aliphatic carbocycles. The Balaban J connectivity index is 1.75. The SMILES string of the molecule is O=C(Cc1ccccc1Cl)NC1(c2cccs2)CCCC1. The first-order valence-corrected chi connectivity index (χ1v) is 8.54. The molecule has 0 spiro atoms. The lowest BCUT2D eigenvalue weighted by Crippen LogP contribution is -2.43. The molecule has 0 radical (unpaired) electrons. The maximum absolute atomic E-state index is 12.5. The lowest BCUT2D eigenvalue weighted by molar-refractivity contribution is -0.122. The molecule has 0 saturated heterocycles. The van der Waals surface area contributed by atoms with Crippen molar-refractivity contribution in [3.05, 3.63) is 57.2 Å². The van der Waals surface area contributed by atoms with E-state index in [-0.39, 0.29) is 11.4 Å². The number of carbonyl (C=O) groups is 1. The summed E-state index contributed by atoms with van der Waals surface area (Å²) in [6.45, 7) is 0. The van der Waals surface area contributed by atoms with Crippen LogP contribution in [0.3, 0.4) is 0 Å². The van der Waals surface area contributed by atoms with Gasteiger partial charge in [-0.2, -0.15) is 0 Å². The summed E-state index contributed by atoms with van der Waals surface area (Å²) in [5.74, 6) is 0.0541. The van der Waals surface area contributed by atoms with Crippen molar-refractivity contribution in [1.29, 1.82) is 0 Å². The Bertz CT molecular complexity index is 617. The van der Waals surface area contributed by atoms with E-state index in [1.807, 2.05) is 24.3 Å². The van der Waals surface area contributed by atoms with Crippen molar-refractivity contribution in [3.8, 4) is 0 Å². The summed E-state index contributed by atoms with van der Waals surface area (Å²) < 4.78 is 0. The van der Waals surface area contributed by atoms with Crippen LogP contribution in [0.25, 0.3) is 0 Å². The molecule has 1 aliphatic rings. The number of hydrogen-bond acceptors (Lipinski definition) is 2. The number of carbonyl (C=O) groups excluding carboxylic acids is 1. The highest BCUT2D eigenvalue weighted by molar-refractivity contribution is 7.10. The first-order chi connectivity index (χ1) is 10.2. The molecule has 0 unspecified atom stereocenters. The maximum atomic E-state index is 12.5. The van der Waals surface area contributed by atoms with E-state index in [2.05, 4.69) is 22.8 Å². The number of benzene rings is 1. The summed E-state index contributed by atoms with van der Waals surface area (Å²) in [6.07, 6.45) is 4.74. The summed E-state index contributed by atoms with van der Waals surface area (Å²) in [6, 6.07) is 11.7. The van der Waals surface area contributed by atoms with E-state index in [1.54, 1.807) is 11.3 Å². The smallest absolute Gasteiger partial charge is 0.225 e. The standard InChI is InChI=1S/C17H18ClNOS/c18-14-7-2-1-6-13(14)12-16(20)19-17(9-3-4-10-17)15-8-5-11-21-15/h1-2,5-8,11H,3-4,9-10,12H2,(H,19,20). The summed E-state index contributed by atoms with van der Waals surface area (Å²) >= 11 is 7.87. The zero-order chi connectivity index (χ0) is 14.7. The molecule has 4 heteroatoms. The molecule has 2 aromatic rings. The van der Waals surface area contributed by atoms with Crippen molar-refractivity contribution >= 4 is 28.8 Å². The van der Waals surface area contributed by atoms with E-state index < -0.39 is 0 Å². The van der Waals surface area contributed by atoms with Gasteiger partial charge >= 0.3 is 0 Å². The van der Waals surface area contributed by atoms with Gasteiger partial charge in [0.1, 0.15) is 0 Å². The molecule has 21 heavy (non-hydrogen) atoms. The van der Waals surface area contributed by atoms with E-state index in [0.717, 1.165) is 18.4 Å². The number of halogens is 1. The van der Waals surface area contributed by atoms with Crippen LogP contribution in [-0.4, -0.2) is 5.91 Å². The molecule has 1 N–H and O–H groups in total. The molecule has 1 amide bonds. The van der Waals surface area contributed by atoms with Gasteiger partial charge in [-0.15, -0.1) is 11.3 Å². The second-order valence-corrected chi connectivity index (χ2v) is 6.94. The summed E-state index contributed by atoms with van der Waals surface area (Å²) in [5, 5.41) is 6.02. The van der Waals surface area contributed by atoms with Gasteiger partial charge in [-0.1, -0.05) is 48.7 Å². The van der Waals surface area contributed by atoms with Crippen LogP contribution in [0.2, 0.25) is 5.02 Å². The fourth-order valence-electron chi connectivity index (χ4n) is 3.09. The lowest BCUT2D eigenvalue weighted by Gasteiger charge is -2.29. The van der Waals surface area contributed by atoms with Gasteiger partial charge in [0.05, 0.1) is 12.0 Å². The van der Waals surface area contributed by atoms with E-state index in [4.69, 9.17) is 11.6 Å². The number of hydrogen-bond donors (Lipinski definition) is 1.